The molecule has 1 rings (SSSR count). The molecule has 0 bridgehead atoms. The van der Waals surface area contributed by atoms with Gasteiger partial charge in [0.25, 0.3) is 0 Å². The van der Waals surface area contributed by atoms with Crippen LogP contribution in [0.25, 0.3) is 0 Å². The largest absolute Gasteiger partial charge is 0.467 e. The van der Waals surface area contributed by atoms with Gasteiger partial charge in [0.2, 0.25) is 5.91 Å². The molecule has 0 radical (unpaired) electrons. The van der Waals surface area contributed by atoms with Crippen LogP contribution in [-0.4, -0.2) is 36.2 Å². The van der Waals surface area contributed by atoms with Crippen LogP contribution in [0.5, 0.6) is 0 Å². The van der Waals surface area contributed by atoms with Crippen molar-refractivity contribution in [3.63, 3.8) is 0 Å². The van der Waals surface area contributed by atoms with Crippen molar-refractivity contribution < 1.29 is 19.4 Å². The van der Waals surface area contributed by atoms with Crippen LogP contribution in [0, 0.1) is 11.8 Å². The Balaban J connectivity index is 2.64. The van der Waals surface area contributed by atoms with Crippen LogP contribution in [0.15, 0.2) is 0 Å². The summed E-state index contributed by atoms with van der Waals surface area (Å²) in [7, 11) is 1.33. The zero-order chi connectivity index (χ0) is 15.1. The molecule has 1 aliphatic carbocycles. The van der Waals surface area contributed by atoms with Crippen LogP contribution in [0.2, 0.25) is 0 Å². The van der Waals surface area contributed by atoms with Gasteiger partial charge in [-0.1, -0.05) is 33.1 Å². The Hall–Kier alpha value is -1.10. The Bertz CT molecular complexity index is 324. The van der Waals surface area contributed by atoms with Crippen molar-refractivity contribution in [3.8, 4) is 0 Å². The standard InChI is InChI=1S/C15H27NO4/c1-10(2)9-12(17)14(18)16-13(15(19)20-3)11-7-5-4-6-8-11/h10-13,17H,4-9H2,1-3H3,(H,16,18)/t12-,13-/m1/s1. The van der Waals surface area contributed by atoms with Gasteiger partial charge >= 0.3 is 5.97 Å². The van der Waals surface area contributed by atoms with Crippen LogP contribution >= 0.6 is 0 Å². The van der Waals surface area contributed by atoms with Gasteiger partial charge in [-0.15, -0.1) is 0 Å². The van der Waals surface area contributed by atoms with E-state index in [-0.39, 0.29) is 11.8 Å². The second-order valence-electron chi connectivity index (χ2n) is 6.05. The number of nitrogens with one attached hydrogen (secondary N) is 1. The van der Waals surface area contributed by atoms with Gasteiger partial charge < -0.3 is 15.2 Å². The molecule has 20 heavy (non-hydrogen) atoms. The van der Waals surface area contributed by atoms with Crippen molar-refractivity contribution in [2.24, 2.45) is 11.8 Å². The van der Waals surface area contributed by atoms with E-state index in [0.717, 1.165) is 25.7 Å². The van der Waals surface area contributed by atoms with E-state index in [0.29, 0.717) is 6.42 Å². The summed E-state index contributed by atoms with van der Waals surface area (Å²) in [5.74, 6) is -0.546. The molecule has 0 saturated heterocycles. The summed E-state index contributed by atoms with van der Waals surface area (Å²) >= 11 is 0. The lowest BCUT2D eigenvalue weighted by molar-refractivity contribution is -0.148. The minimum atomic E-state index is -1.06. The molecular weight excluding hydrogens is 258 g/mol. The highest BCUT2D eigenvalue weighted by atomic mass is 16.5. The maximum atomic E-state index is 12.0. The lowest BCUT2D eigenvalue weighted by atomic mass is 9.83. The fraction of sp³-hybridized carbons (Fsp3) is 0.867. The van der Waals surface area contributed by atoms with E-state index in [2.05, 4.69) is 5.32 Å². The van der Waals surface area contributed by atoms with Crippen molar-refractivity contribution >= 4 is 11.9 Å². The SMILES string of the molecule is COC(=O)[C@H](NC(=O)[C@H](O)CC(C)C)C1CCCCC1. The highest BCUT2D eigenvalue weighted by Gasteiger charge is 2.33. The summed E-state index contributed by atoms with van der Waals surface area (Å²) in [6.07, 6.45) is 4.48. The second kappa shape index (κ2) is 8.25. The fourth-order valence-corrected chi connectivity index (χ4v) is 2.77. The number of rotatable bonds is 6. The van der Waals surface area contributed by atoms with E-state index in [1.54, 1.807) is 0 Å². The average molecular weight is 285 g/mol. The van der Waals surface area contributed by atoms with Gasteiger partial charge in [0.15, 0.2) is 0 Å². The van der Waals surface area contributed by atoms with Crippen LogP contribution in [0.3, 0.4) is 0 Å². The molecule has 0 unspecified atom stereocenters. The molecular formula is C15H27NO4. The van der Waals surface area contributed by atoms with E-state index in [1.165, 1.54) is 13.5 Å². The van der Waals surface area contributed by atoms with E-state index >= 15 is 0 Å². The Kier molecular flexibility index (Phi) is 6.99. The van der Waals surface area contributed by atoms with E-state index < -0.39 is 24.0 Å². The minimum absolute atomic E-state index is 0.117. The van der Waals surface area contributed by atoms with E-state index in [4.69, 9.17) is 4.74 Å². The van der Waals surface area contributed by atoms with Gasteiger partial charge in [0, 0.05) is 0 Å². The Labute approximate surface area is 121 Å². The summed E-state index contributed by atoms with van der Waals surface area (Å²) in [6.45, 7) is 3.88. The van der Waals surface area contributed by atoms with Crippen LogP contribution < -0.4 is 5.32 Å². The Morgan fingerprint density at radius 2 is 1.85 bits per heavy atom. The monoisotopic (exact) mass is 285 g/mol. The molecule has 1 fully saturated rings. The third-order valence-corrected chi connectivity index (χ3v) is 3.87. The minimum Gasteiger partial charge on any atom is -0.467 e. The van der Waals surface area contributed by atoms with Crippen molar-refractivity contribution in [1.82, 2.24) is 5.32 Å². The number of aliphatic hydroxyl groups excluding tert-OH is 1. The third kappa shape index (κ3) is 5.12. The molecule has 1 amide bonds. The molecule has 5 nitrogen and oxygen atoms in total. The molecule has 0 aromatic carbocycles. The van der Waals surface area contributed by atoms with Gasteiger partial charge in [-0.05, 0) is 31.1 Å². The van der Waals surface area contributed by atoms with Gasteiger partial charge in [-0.3, -0.25) is 4.79 Å². The molecule has 1 aliphatic rings. The molecule has 0 aromatic rings. The van der Waals surface area contributed by atoms with Gasteiger partial charge in [0.05, 0.1) is 7.11 Å². The fourth-order valence-electron chi connectivity index (χ4n) is 2.77. The molecule has 116 valence electrons. The first-order chi connectivity index (χ1) is 9.45. The molecule has 0 aliphatic heterocycles. The number of ether oxygens (including phenoxy) is 1. The van der Waals surface area contributed by atoms with Crippen LogP contribution in [0.1, 0.15) is 52.4 Å². The smallest absolute Gasteiger partial charge is 0.328 e. The molecule has 2 N–H and O–H groups in total. The van der Waals surface area contributed by atoms with Crippen molar-refractivity contribution in [3.05, 3.63) is 0 Å². The predicted octanol–water partition coefficient (Wildman–Crippen LogP) is 1.63. The number of carbonyl (C=O) groups is 2. The number of carbonyl (C=O) groups excluding carboxylic acids is 2. The second-order valence-corrected chi connectivity index (χ2v) is 6.05. The zero-order valence-corrected chi connectivity index (χ0v) is 12.7. The summed E-state index contributed by atoms with van der Waals surface area (Å²) in [5, 5.41) is 12.5. The van der Waals surface area contributed by atoms with Crippen molar-refractivity contribution in [1.29, 1.82) is 0 Å². The summed E-state index contributed by atoms with van der Waals surface area (Å²) in [6, 6.07) is -0.630. The number of methoxy groups -OCH3 is 1. The molecule has 1 saturated carbocycles. The summed E-state index contributed by atoms with van der Waals surface area (Å²) in [4.78, 5) is 23.9. The molecule has 2 atom stereocenters. The topological polar surface area (TPSA) is 75.6 Å². The lowest BCUT2D eigenvalue weighted by Gasteiger charge is -2.29. The average Bonchev–Trinajstić information content (AvgIpc) is 2.43. The van der Waals surface area contributed by atoms with Gasteiger partial charge in [0.1, 0.15) is 12.1 Å². The Morgan fingerprint density at radius 3 is 2.35 bits per heavy atom. The highest BCUT2D eigenvalue weighted by Crippen LogP contribution is 2.27. The predicted molar refractivity (Wildman–Crippen MR) is 76.0 cm³/mol. The maximum absolute atomic E-state index is 12.0. The van der Waals surface area contributed by atoms with Gasteiger partial charge in [-0.25, -0.2) is 4.79 Å². The normalized spacial score (nSPS) is 19.4. The van der Waals surface area contributed by atoms with Crippen molar-refractivity contribution in [2.75, 3.05) is 7.11 Å². The number of amides is 1. The summed E-state index contributed by atoms with van der Waals surface area (Å²) < 4.78 is 4.79. The Morgan fingerprint density at radius 1 is 1.25 bits per heavy atom. The van der Waals surface area contributed by atoms with Crippen LogP contribution in [0.4, 0.5) is 0 Å². The number of hydrogen-bond acceptors (Lipinski definition) is 4. The van der Waals surface area contributed by atoms with Crippen molar-refractivity contribution in [2.45, 2.75) is 64.5 Å². The lowest BCUT2D eigenvalue weighted by Crippen LogP contribution is -2.50. The first kappa shape index (κ1) is 17.0. The zero-order valence-electron chi connectivity index (χ0n) is 12.7. The van der Waals surface area contributed by atoms with E-state index in [1.807, 2.05) is 13.8 Å². The third-order valence-electron chi connectivity index (χ3n) is 3.87. The number of esters is 1. The van der Waals surface area contributed by atoms with Gasteiger partial charge in [-0.2, -0.15) is 0 Å². The molecule has 0 aromatic heterocycles. The highest BCUT2D eigenvalue weighted by molar-refractivity contribution is 5.87. The van der Waals surface area contributed by atoms with E-state index in [9.17, 15) is 14.7 Å². The molecule has 5 heteroatoms. The number of hydrogen-bond donors (Lipinski definition) is 2. The molecule has 0 heterocycles. The maximum Gasteiger partial charge on any atom is 0.328 e. The van der Waals surface area contributed by atoms with Crippen LogP contribution in [-0.2, 0) is 14.3 Å². The first-order valence-corrected chi connectivity index (χ1v) is 7.52. The quantitative estimate of drug-likeness (QED) is 0.727. The number of aliphatic hydroxyl groups is 1. The molecule has 0 spiro atoms. The summed E-state index contributed by atoms with van der Waals surface area (Å²) in [5.41, 5.74) is 0. The first-order valence-electron chi connectivity index (χ1n) is 7.52.